The van der Waals surface area contributed by atoms with Crippen LogP contribution in [-0.4, -0.2) is 29.3 Å². The molecule has 0 saturated carbocycles. The average Bonchev–Trinajstić information content (AvgIpc) is 4.03. The highest BCUT2D eigenvalue weighted by atomic mass is 32.1. The van der Waals surface area contributed by atoms with Crippen molar-refractivity contribution in [2.24, 2.45) is 0 Å². The van der Waals surface area contributed by atoms with Gasteiger partial charge in [-0.25, -0.2) is 0 Å². The summed E-state index contributed by atoms with van der Waals surface area (Å²) in [5.74, 6) is 1.60. The zero-order chi connectivity index (χ0) is 41.0. The molecule has 60 heavy (non-hydrogen) atoms. The minimum Gasteiger partial charge on any atom is -0.497 e. The molecular formula is C52H39N3O3S2. The van der Waals surface area contributed by atoms with Gasteiger partial charge in [-0.05, 0) is 114 Å². The van der Waals surface area contributed by atoms with Gasteiger partial charge in [0.25, 0.3) is 0 Å². The summed E-state index contributed by atoms with van der Waals surface area (Å²) < 4.78 is 20.8. The lowest BCUT2D eigenvalue weighted by Crippen LogP contribution is -2.28. The number of rotatable bonds is 10. The Hall–Kier alpha value is -6.87. The Morgan fingerprint density at radius 2 is 1.07 bits per heavy atom. The number of thiophene rings is 1. The van der Waals surface area contributed by atoms with Gasteiger partial charge in [-0.15, -0.1) is 11.3 Å². The van der Waals surface area contributed by atoms with E-state index in [0.717, 1.165) is 67.4 Å². The van der Waals surface area contributed by atoms with Gasteiger partial charge < -0.3 is 14.4 Å². The first-order chi connectivity index (χ1) is 29.4. The van der Waals surface area contributed by atoms with Crippen LogP contribution in [-0.2, 0) is 5.41 Å². The standard InChI is InChI=1S/C52H39N3O3S2/c1-32-5-13-36(14-6-32)52(37-15-7-33(2)8-16-37)46-29-40(55(38-17-22-41(57-3)23-18-38)39-19-24-42(58-4)25-20-39)21-26-44(46)51-47(52)30-48(59-51)45-28-27-43(49-50(45)54-60-53-49)35-11-9-34(31-56)10-12-35/h5-31H,1-4H3. The molecule has 0 fully saturated rings. The Morgan fingerprint density at radius 3 is 1.62 bits per heavy atom. The van der Waals surface area contributed by atoms with Crippen LogP contribution in [0.3, 0.4) is 0 Å². The lowest BCUT2D eigenvalue weighted by Gasteiger charge is -2.34. The number of nitrogens with zero attached hydrogens (tertiary/aromatic N) is 3. The van der Waals surface area contributed by atoms with Gasteiger partial charge in [0.2, 0.25) is 0 Å². The number of carbonyl (C=O) groups excluding carboxylic acids is 1. The highest BCUT2D eigenvalue weighted by Crippen LogP contribution is 2.61. The second-order valence-corrected chi connectivity index (χ2v) is 16.7. The summed E-state index contributed by atoms with van der Waals surface area (Å²) in [4.78, 5) is 16.1. The fraction of sp³-hybridized carbons (Fsp3) is 0.0962. The second kappa shape index (κ2) is 15.1. The third-order valence-electron chi connectivity index (χ3n) is 11.7. The van der Waals surface area contributed by atoms with Crippen LogP contribution < -0.4 is 14.4 Å². The molecule has 0 amide bonds. The van der Waals surface area contributed by atoms with Crippen molar-refractivity contribution in [3.8, 4) is 43.5 Å². The number of hydrogen-bond acceptors (Lipinski definition) is 8. The summed E-state index contributed by atoms with van der Waals surface area (Å²) >= 11 is 3.04. The maximum Gasteiger partial charge on any atom is 0.150 e. The average molecular weight is 818 g/mol. The molecule has 1 aliphatic rings. The molecule has 0 spiro atoms. The Balaban J connectivity index is 1.21. The smallest absolute Gasteiger partial charge is 0.150 e. The number of benzene rings is 7. The number of fused-ring (bicyclic) bond motifs is 4. The van der Waals surface area contributed by atoms with Gasteiger partial charge in [0.1, 0.15) is 28.8 Å². The van der Waals surface area contributed by atoms with Crippen LogP contribution >= 0.6 is 23.1 Å². The number of aldehydes is 1. The van der Waals surface area contributed by atoms with E-state index in [0.29, 0.717) is 5.56 Å². The Bertz CT molecular complexity index is 2930. The maximum absolute atomic E-state index is 11.4. The molecule has 0 N–H and O–H groups in total. The minimum absolute atomic E-state index is 0.637. The summed E-state index contributed by atoms with van der Waals surface area (Å²) in [7, 11) is 3.39. The van der Waals surface area contributed by atoms with Crippen molar-refractivity contribution in [2.45, 2.75) is 19.3 Å². The maximum atomic E-state index is 11.4. The number of methoxy groups -OCH3 is 2. The van der Waals surface area contributed by atoms with E-state index in [1.54, 1.807) is 14.2 Å². The van der Waals surface area contributed by atoms with E-state index in [9.17, 15) is 4.79 Å². The van der Waals surface area contributed by atoms with E-state index in [2.05, 4.69) is 128 Å². The van der Waals surface area contributed by atoms with Crippen LogP contribution in [0.1, 0.15) is 43.7 Å². The highest BCUT2D eigenvalue weighted by molar-refractivity contribution is 7.19. The van der Waals surface area contributed by atoms with E-state index >= 15 is 0 Å². The topological polar surface area (TPSA) is 64.6 Å². The molecule has 0 bridgehead atoms. The molecule has 6 nitrogen and oxygen atoms in total. The van der Waals surface area contributed by atoms with Gasteiger partial charge >= 0.3 is 0 Å². The van der Waals surface area contributed by atoms with Crippen LogP contribution in [0.25, 0.3) is 43.0 Å². The fourth-order valence-electron chi connectivity index (χ4n) is 8.67. The number of hydrogen-bond donors (Lipinski definition) is 0. The lowest BCUT2D eigenvalue weighted by molar-refractivity contribution is 0.112. The monoisotopic (exact) mass is 817 g/mol. The van der Waals surface area contributed by atoms with E-state index in [1.807, 2.05) is 59.9 Å². The van der Waals surface area contributed by atoms with Crippen LogP contribution in [0.5, 0.6) is 11.5 Å². The molecule has 2 heterocycles. The number of aryl methyl sites for hydroxylation is 2. The summed E-state index contributed by atoms with van der Waals surface area (Å²) in [5, 5.41) is 0. The van der Waals surface area contributed by atoms with Gasteiger partial charge in [-0.2, -0.15) is 8.75 Å². The van der Waals surface area contributed by atoms with Crippen molar-refractivity contribution in [1.29, 1.82) is 0 Å². The summed E-state index contributed by atoms with van der Waals surface area (Å²) in [6.45, 7) is 4.29. The minimum atomic E-state index is -0.637. The van der Waals surface area contributed by atoms with Crippen molar-refractivity contribution in [3.05, 3.63) is 197 Å². The van der Waals surface area contributed by atoms with Gasteiger partial charge in [-0.1, -0.05) is 102 Å². The molecule has 9 aromatic rings. The molecule has 292 valence electrons. The molecule has 0 saturated heterocycles. The van der Waals surface area contributed by atoms with Crippen molar-refractivity contribution >= 4 is 57.4 Å². The first kappa shape index (κ1) is 37.4. The first-order valence-corrected chi connectivity index (χ1v) is 21.3. The van der Waals surface area contributed by atoms with Gasteiger partial charge in [-0.3, -0.25) is 4.79 Å². The molecule has 0 unspecified atom stereocenters. The number of anilines is 3. The molecular weight excluding hydrogens is 779 g/mol. The van der Waals surface area contributed by atoms with E-state index < -0.39 is 5.41 Å². The van der Waals surface area contributed by atoms with Crippen LogP contribution in [0.4, 0.5) is 17.1 Å². The number of carbonyl (C=O) groups is 1. The molecule has 0 atom stereocenters. The molecule has 1 aliphatic carbocycles. The zero-order valence-electron chi connectivity index (χ0n) is 33.5. The van der Waals surface area contributed by atoms with Crippen molar-refractivity contribution in [2.75, 3.05) is 19.1 Å². The highest BCUT2D eigenvalue weighted by Gasteiger charge is 2.48. The largest absolute Gasteiger partial charge is 0.497 e. The van der Waals surface area contributed by atoms with Crippen LogP contribution in [0.15, 0.2) is 158 Å². The van der Waals surface area contributed by atoms with Crippen molar-refractivity contribution in [3.63, 3.8) is 0 Å². The number of aromatic nitrogens is 2. The van der Waals surface area contributed by atoms with E-state index in [-0.39, 0.29) is 0 Å². The Labute approximate surface area is 357 Å². The molecule has 8 heteroatoms. The van der Waals surface area contributed by atoms with Crippen LogP contribution in [0, 0.1) is 13.8 Å². The van der Waals surface area contributed by atoms with Gasteiger partial charge in [0, 0.05) is 43.5 Å². The number of ether oxygens (including phenoxy) is 2. The fourth-order valence-corrected chi connectivity index (χ4v) is 10.5. The molecule has 0 radical (unpaired) electrons. The molecule has 0 aliphatic heterocycles. The third kappa shape index (κ3) is 6.10. The third-order valence-corrected chi connectivity index (χ3v) is 13.4. The predicted molar refractivity (Wildman–Crippen MR) is 246 cm³/mol. The quantitative estimate of drug-likeness (QED) is 0.128. The SMILES string of the molecule is COc1ccc(N(c2ccc(OC)cc2)c2ccc3c(c2)C(c2ccc(C)cc2)(c2ccc(C)cc2)c2cc(-c4ccc(-c5ccc(C=O)cc5)c5nsnc45)sc2-3)cc1. The Kier molecular flexibility index (Phi) is 9.39. The summed E-state index contributed by atoms with van der Waals surface area (Å²) in [5.41, 5.74) is 16.3. The Morgan fingerprint density at radius 1 is 0.550 bits per heavy atom. The van der Waals surface area contributed by atoms with Crippen molar-refractivity contribution < 1.29 is 14.3 Å². The van der Waals surface area contributed by atoms with Crippen molar-refractivity contribution in [1.82, 2.24) is 8.75 Å². The first-order valence-electron chi connectivity index (χ1n) is 19.7. The molecule has 2 aromatic heterocycles. The zero-order valence-corrected chi connectivity index (χ0v) is 35.1. The molecule has 10 rings (SSSR count). The normalized spacial score (nSPS) is 12.5. The molecule has 7 aromatic carbocycles. The summed E-state index contributed by atoms with van der Waals surface area (Å²) in [6, 6.07) is 55.9. The second-order valence-electron chi connectivity index (χ2n) is 15.2. The van der Waals surface area contributed by atoms with Crippen LogP contribution in [0.2, 0.25) is 0 Å². The van der Waals surface area contributed by atoms with E-state index in [4.69, 9.17) is 18.2 Å². The van der Waals surface area contributed by atoms with Gasteiger partial charge in [0.05, 0.1) is 31.4 Å². The van der Waals surface area contributed by atoms with E-state index in [1.165, 1.54) is 55.5 Å². The van der Waals surface area contributed by atoms with Gasteiger partial charge in [0.15, 0.2) is 0 Å². The summed E-state index contributed by atoms with van der Waals surface area (Å²) in [6.07, 6.45) is 0.868. The lowest BCUT2D eigenvalue weighted by atomic mass is 9.67. The predicted octanol–water partition coefficient (Wildman–Crippen LogP) is 13.4.